The van der Waals surface area contributed by atoms with Crippen LogP contribution >= 0.6 is 15.9 Å². The van der Waals surface area contributed by atoms with Crippen LogP contribution in [0.3, 0.4) is 0 Å². The molecule has 0 radical (unpaired) electrons. The molecule has 7 heteroatoms. The molecule has 0 saturated heterocycles. The Kier molecular flexibility index (Phi) is 4.64. The number of hydrogen-bond acceptors (Lipinski definition) is 4. The third-order valence-electron chi connectivity index (χ3n) is 2.89. The minimum absolute atomic E-state index is 0.000848. The zero-order valence-corrected chi connectivity index (χ0v) is 12.8. The molecule has 108 valence electrons. The van der Waals surface area contributed by atoms with Crippen molar-refractivity contribution in [2.45, 2.75) is 6.54 Å². The summed E-state index contributed by atoms with van der Waals surface area (Å²) in [5.41, 5.74) is 0.774. The number of halogens is 1. The highest BCUT2D eigenvalue weighted by atomic mass is 79.9. The van der Waals surface area contributed by atoms with Gasteiger partial charge < -0.3 is 4.90 Å². The molecule has 0 atom stereocenters. The molecule has 6 nitrogen and oxygen atoms in total. The Morgan fingerprint density at radius 2 is 2.05 bits per heavy atom. The summed E-state index contributed by atoms with van der Waals surface area (Å²) in [6.07, 6.45) is 1.53. The number of nitrogens with zero attached hydrogens (tertiary/aromatic N) is 3. The highest BCUT2D eigenvalue weighted by Crippen LogP contribution is 2.19. The van der Waals surface area contributed by atoms with Crippen molar-refractivity contribution < 1.29 is 9.72 Å². The highest BCUT2D eigenvalue weighted by molar-refractivity contribution is 9.10. The number of benzene rings is 1. The zero-order chi connectivity index (χ0) is 15.4. The predicted octanol–water partition coefficient (Wildman–Crippen LogP) is 3.02. The Morgan fingerprint density at radius 1 is 1.33 bits per heavy atom. The molecule has 0 unspecified atom stereocenters. The van der Waals surface area contributed by atoms with Gasteiger partial charge in [0.15, 0.2) is 0 Å². The van der Waals surface area contributed by atoms with Crippen LogP contribution in [0.15, 0.2) is 47.1 Å². The number of amides is 1. The van der Waals surface area contributed by atoms with E-state index in [9.17, 15) is 14.9 Å². The van der Waals surface area contributed by atoms with Gasteiger partial charge >= 0.3 is 0 Å². The number of carbonyl (C=O) groups is 1. The van der Waals surface area contributed by atoms with Gasteiger partial charge in [0.25, 0.3) is 11.6 Å². The standard InChI is InChI=1S/C14H12BrN3O3/c1-17(14(19)12-7-6-11(15)8-16-12)9-10-4-2-3-5-13(10)18(20)21/h2-8H,9H2,1H3. The van der Waals surface area contributed by atoms with Gasteiger partial charge in [0.2, 0.25) is 0 Å². The number of aromatic nitrogens is 1. The van der Waals surface area contributed by atoms with Gasteiger partial charge in [0.1, 0.15) is 5.69 Å². The summed E-state index contributed by atoms with van der Waals surface area (Å²) in [5, 5.41) is 11.0. The number of pyridine rings is 1. The average Bonchev–Trinajstić information content (AvgIpc) is 2.47. The molecule has 1 aromatic carbocycles. The predicted molar refractivity (Wildman–Crippen MR) is 80.8 cm³/mol. The van der Waals surface area contributed by atoms with E-state index >= 15 is 0 Å². The van der Waals surface area contributed by atoms with Crippen molar-refractivity contribution in [2.24, 2.45) is 0 Å². The second-order valence-corrected chi connectivity index (χ2v) is 5.32. The molecule has 0 aliphatic rings. The van der Waals surface area contributed by atoms with Gasteiger partial charge in [-0.2, -0.15) is 0 Å². The highest BCUT2D eigenvalue weighted by Gasteiger charge is 2.18. The molecule has 0 bridgehead atoms. The summed E-state index contributed by atoms with van der Waals surface area (Å²) in [5.74, 6) is -0.291. The lowest BCUT2D eigenvalue weighted by molar-refractivity contribution is -0.385. The van der Waals surface area contributed by atoms with E-state index in [0.717, 1.165) is 4.47 Å². The molecule has 1 amide bonds. The Morgan fingerprint density at radius 3 is 2.67 bits per heavy atom. The van der Waals surface area contributed by atoms with Crippen molar-refractivity contribution >= 4 is 27.5 Å². The van der Waals surface area contributed by atoms with E-state index < -0.39 is 4.92 Å². The molecular formula is C14H12BrN3O3. The third kappa shape index (κ3) is 3.63. The number of nitro groups is 1. The third-order valence-corrected chi connectivity index (χ3v) is 3.36. The fraction of sp³-hybridized carbons (Fsp3) is 0.143. The number of hydrogen-bond donors (Lipinski definition) is 0. The second kappa shape index (κ2) is 6.45. The van der Waals surface area contributed by atoms with Crippen LogP contribution in [-0.4, -0.2) is 27.8 Å². The molecule has 1 heterocycles. The van der Waals surface area contributed by atoms with Crippen LogP contribution in [0.5, 0.6) is 0 Å². The first-order chi connectivity index (χ1) is 9.99. The first-order valence-corrected chi connectivity index (χ1v) is 6.87. The Labute approximate surface area is 129 Å². The maximum Gasteiger partial charge on any atom is 0.274 e. The number of rotatable bonds is 4. The fourth-order valence-electron chi connectivity index (χ4n) is 1.85. The first kappa shape index (κ1) is 15.1. The van der Waals surface area contributed by atoms with Crippen molar-refractivity contribution in [3.8, 4) is 0 Å². The summed E-state index contributed by atoms with van der Waals surface area (Å²) in [6, 6.07) is 9.68. The lowest BCUT2D eigenvalue weighted by atomic mass is 10.1. The lowest BCUT2D eigenvalue weighted by Gasteiger charge is -2.16. The van der Waals surface area contributed by atoms with E-state index in [-0.39, 0.29) is 18.1 Å². The molecule has 21 heavy (non-hydrogen) atoms. The summed E-state index contributed by atoms with van der Waals surface area (Å²) >= 11 is 3.25. The van der Waals surface area contributed by atoms with E-state index in [2.05, 4.69) is 20.9 Å². The van der Waals surface area contributed by atoms with Crippen molar-refractivity contribution in [1.29, 1.82) is 0 Å². The molecule has 0 saturated carbocycles. The van der Waals surface area contributed by atoms with Crippen molar-refractivity contribution in [2.75, 3.05) is 7.05 Å². The molecular weight excluding hydrogens is 338 g/mol. The molecule has 0 aliphatic carbocycles. The summed E-state index contributed by atoms with van der Waals surface area (Å²) < 4.78 is 0.778. The van der Waals surface area contributed by atoms with Gasteiger partial charge in [-0.05, 0) is 28.1 Å². The monoisotopic (exact) mass is 349 g/mol. The minimum Gasteiger partial charge on any atom is -0.336 e. The Balaban J connectivity index is 2.18. The zero-order valence-electron chi connectivity index (χ0n) is 11.2. The van der Waals surface area contributed by atoms with Crippen LogP contribution in [-0.2, 0) is 6.54 Å². The topological polar surface area (TPSA) is 76.3 Å². The molecule has 1 aromatic heterocycles. The van der Waals surface area contributed by atoms with Crippen LogP contribution in [0.4, 0.5) is 5.69 Å². The minimum atomic E-state index is -0.453. The summed E-state index contributed by atoms with van der Waals surface area (Å²) in [7, 11) is 1.59. The van der Waals surface area contributed by atoms with Gasteiger partial charge in [0.05, 0.1) is 11.5 Å². The van der Waals surface area contributed by atoms with Crippen LogP contribution in [0.25, 0.3) is 0 Å². The molecule has 0 fully saturated rings. The van der Waals surface area contributed by atoms with Crippen molar-refractivity contribution in [3.05, 3.63) is 68.4 Å². The van der Waals surface area contributed by atoms with Crippen molar-refractivity contribution in [1.82, 2.24) is 9.88 Å². The summed E-state index contributed by atoms with van der Waals surface area (Å²) in [6.45, 7) is 0.147. The van der Waals surface area contributed by atoms with E-state index in [4.69, 9.17) is 0 Å². The quantitative estimate of drug-likeness (QED) is 0.627. The van der Waals surface area contributed by atoms with Gasteiger partial charge in [0, 0.05) is 29.3 Å². The van der Waals surface area contributed by atoms with E-state index in [1.54, 1.807) is 37.4 Å². The second-order valence-electron chi connectivity index (χ2n) is 4.41. The molecule has 2 rings (SSSR count). The average molecular weight is 350 g/mol. The van der Waals surface area contributed by atoms with Gasteiger partial charge in [-0.1, -0.05) is 18.2 Å². The molecule has 2 aromatic rings. The normalized spacial score (nSPS) is 10.2. The first-order valence-electron chi connectivity index (χ1n) is 6.08. The van der Waals surface area contributed by atoms with E-state index in [1.807, 2.05) is 0 Å². The SMILES string of the molecule is CN(Cc1ccccc1[N+](=O)[O-])C(=O)c1ccc(Br)cn1. The lowest BCUT2D eigenvalue weighted by Crippen LogP contribution is -2.27. The van der Waals surface area contributed by atoms with Crippen LogP contribution in [0.1, 0.15) is 16.1 Å². The molecule has 0 spiro atoms. The maximum atomic E-state index is 12.2. The smallest absolute Gasteiger partial charge is 0.274 e. The van der Waals surface area contributed by atoms with E-state index in [0.29, 0.717) is 11.3 Å². The Bertz CT molecular complexity index is 673. The van der Waals surface area contributed by atoms with Crippen molar-refractivity contribution in [3.63, 3.8) is 0 Å². The molecule has 0 aliphatic heterocycles. The van der Waals surface area contributed by atoms with Crippen LogP contribution in [0, 0.1) is 10.1 Å². The number of nitro benzene ring substituents is 1. The van der Waals surface area contributed by atoms with Gasteiger partial charge in [-0.3, -0.25) is 14.9 Å². The number of para-hydroxylation sites is 1. The van der Waals surface area contributed by atoms with Crippen LogP contribution < -0.4 is 0 Å². The largest absolute Gasteiger partial charge is 0.336 e. The molecule has 0 N–H and O–H groups in total. The maximum absolute atomic E-state index is 12.2. The van der Waals surface area contributed by atoms with Gasteiger partial charge in [-0.15, -0.1) is 0 Å². The Hall–Kier alpha value is -2.28. The van der Waals surface area contributed by atoms with Gasteiger partial charge in [-0.25, -0.2) is 4.98 Å². The van der Waals surface area contributed by atoms with E-state index in [1.165, 1.54) is 17.2 Å². The van der Waals surface area contributed by atoms with Crippen LogP contribution in [0.2, 0.25) is 0 Å². The fourth-order valence-corrected chi connectivity index (χ4v) is 2.08. The summed E-state index contributed by atoms with van der Waals surface area (Å²) in [4.78, 5) is 28.2. The number of carbonyl (C=O) groups excluding carboxylic acids is 1.